The Labute approximate surface area is 112 Å². The Kier molecular flexibility index (Phi) is 5.44. The van der Waals surface area contributed by atoms with E-state index in [0.29, 0.717) is 6.42 Å². The molecule has 1 N–H and O–H groups in total. The fraction of sp³-hybridized carbons (Fsp3) is 0.500. The first-order valence-corrected chi connectivity index (χ1v) is 7.73. The van der Waals surface area contributed by atoms with E-state index in [1.165, 1.54) is 24.3 Å². The van der Waals surface area contributed by atoms with Gasteiger partial charge >= 0.3 is 0 Å². The second kappa shape index (κ2) is 6.63. The minimum Gasteiger partial charge on any atom is -0.314 e. The predicted molar refractivity (Wildman–Crippen MR) is 72.9 cm³/mol. The summed E-state index contributed by atoms with van der Waals surface area (Å²) in [5.74, 6) is -0.105. The molecule has 1 aromatic rings. The van der Waals surface area contributed by atoms with Gasteiger partial charge in [0.25, 0.3) is 5.69 Å². The highest BCUT2D eigenvalue weighted by molar-refractivity contribution is 7.91. The number of nitro benzene ring substituents is 1. The maximum Gasteiger partial charge on any atom is 0.287 e. The highest BCUT2D eigenvalue weighted by atomic mass is 32.2. The summed E-state index contributed by atoms with van der Waals surface area (Å²) in [6.07, 6.45) is 0.419. The summed E-state index contributed by atoms with van der Waals surface area (Å²) in [6.45, 7) is 4.58. The van der Waals surface area contributed by atoms with Crippen molar-refractivity contribution in [3.63, 3.8) is 0 Å². The van der Waals surface area contributed by atoms with Crippen LogP contribution in [-0.2, 0) is 9.84 Å². The highest BCUT2D eigenvalue weighted by Gasteiger charge is 2.25. The van der Waals surface area contributed by atoms with Gasteiger partial charge in [0.05, 0.1) is 10.7 Å². The molecule has 1 rings (SSSR count). The number of nitrogens with zero attached hydrogens (tertiary/aromatic N) is 1. The van der Waals surface area contributed by atoms with Gasteiger partial charge in [-0.3, -0.25) is 10.1 Å². The number of nitrogens with one attached hydrogen (secondary N) is 1. The zero-order valence-corrected chi connectivity index (χ0v) is 11.8. The summed E-state index contributed by atoms with van der Waals surface area (Å²) in [5, 5.41) is 13.9. The zero-order valence-electron chi connectivity index (χ0n) is 11.0. The zero-order chi connectivity index (χ0) is 14.5. The van der Waals surface area contributed by atoms with E-state index < -0.39 is 14.8 Å². The van der Waals surface area contributed by atoms with Crippen LogP contribution in [0.2, 0.25) is 0 Å². The van der Waals surface area contributed by atoms with E-state index in [2.05, 4.69) is 5.32 Å². The van der Waals surface area contributed by atoms with Gasteiger partial charge in [0.1, 0.15) is 4.90 Å². The van der Waals surface area contributed by atoms with Crippen molar-refractivity contribution < 1.29 is 13.3 Å². The lowest BCUT2D eigenvalue weighted by Crippen LogP contribution is -2.28. The Hall–Kier alpha value is -1.47. The second-order valence-electron chi connectivity index (χ2n) is 4.29. The molecular weight excluding hydrogens is 268 g/mol. The molecule has 7 heteroatoms. The summed E-state index contributed by atoms with van der Waals surface area (Å²) in [4.78, 5) is 9.97. The maximum absolute atomic E-state index is 12.1. The second-order valence-corrected chi connectivity index (χ2v) is 6.37. The van der Waals surface area contributed by atoms with Gasteiger partial charge in [-0.1, -0.05) is 19.1 Å². The fourth-order valence-electron chi connectivity index (χ4n) is 1.76. The van der Waals surface area contributed by atoms with Crippen LogP contribution < -0.4 is 5.32 Å². The molecule has 106 valence electrons. The van der Waals surface area contributed by atoms with Gasteiger partial charge in [0.2, 0.25) is 0 Å². The quantitative estimate of drug-likeness (QED) is 0.609. The van der Waals surface area contributed by atoms with Crippen LogP contribution in [0.15, 0.2) is 29.2 Å². The Morgan fingerprint density at radius 3 is 2.58 bits per heavy atom. The molecule has 0 radical (unpaired) electrons. The average molecular weight is 286 g/mol. The van der Waals surface area contributed by atoms with Gasteiger partial charge in [-0.2, -0.15) is 0 Å². The van der Waals surface area contributed by atoms with Crippen LogP contribution in [0.1, 0.15) is 20.3 Å². The van der Waals surface area contributed by atoms with Gasteiger partial charge in [0, 0.05) is 12.1 Å². The highest BCUT2D eigenvalue weighted by Crippen LogP contribution is 2.24. The Balaban J connectivity index is 2.92. The van der Waals surface area contributed by atoms with E-state index in [1.807, 2.05) is 13.8 Å². The molecule has 0 fully saturated rings. The summed E-state index contributed by atoms with van der Waals surface area (Å²) in [5.41, 5.74) is -0.362. The Bertz CT molecular complexity index is 542. The van der Waals surface area contributed by atoms with E-state index >= 15 is 0 Å². The van der Waals surface area contributed by atoms with Crippen molar-refractivity contribution in [3.8, 4) is 0 Å². The van der Waals surface area contributed by atoms with E-state index in [9.17, 15) is 18.5 Å². The lowest BCUT2D eigenvalue weighted by molar-refractivity contribution is -0.387. The molecule has 0 aliphatic rings. The van der Waals surface area contributed by atoms with Crippen molar-refractivity contribution in [1.29, 1.82) is 0 Å². The van der Waals surface area contributed by atoms with E-state index in [4.69, 9.17) is 0 Å². The minimum absolute atomic E-state index is 0.0579. The van der Waals surface area contributed by atoms with Crippen molar-refractivity contribution in [2.75, 3.05) is 12.3 Å². The van der Waals surface area contributed by atoms with Crippen LogP contribution in [0, 0.1) is 10.1 Å². The molecule has 1 atom stereocenters. The van der Waals surface area contributed by atoms with Crippen LogP contribution in [0.4, 0.5) is 5.69 Å². The number of benzene rings is 1. The van der Waals surface area contributed by atoms with Crippen molar-refractivity contribution in [3.05, 3.63) is 34.4 Å². The molecule has 0 heterocycles. The predicted octanol–water partition coefficient (Wildman–Crippen LogP) is 1.76. The van der Waals surface area contributed by atoms with Crippen molar-refractivity contribution >= 4 is 15.5 Å². The monoisotopic (exact) mass is 286 g/mol. The molecule has 1 unspecified atom stereocenters. The summed E-state index contributed by atoms with van der Waals surface area (Å²) >= 11 is 0. The maximum atomic E-state index is 12.1. The third kappa shape index (κ3) is 4.29. The van der Waals surface area contributed by atoms with Crippen LogP contribution >= 0.6 is 0 Å². The third-order valence-corrected chi connectivity index (χ3v) is 4.56. The van der Waals surface area contributed by atoms with Gasteiger partial charge in [-0.05, 0) is 26.0 Å². The summed E-state index contributed by atoms with van der Waals surface area (Å²) in [6, 6.07) is 5.50. The number of rotatable bonds is 7. The number of para-hydroxylation sites is 1. The molecule has 0 aromatic heterocycles. The Morgan fingerprint density at radius 1 is 1.37 bits per heavy atom. The van der Waals surface area contributed by atoms with Crippen molar-refractivity contribution in [2.45, 2.75) is 31.2 Å². The standard InChI is InChI=1S/C12H18N2O4S/c1-3-13-10(2)8-9-19(17,18)12-7-5-4-6-11(12)14(15)16/h4-7,10,13H,3,8-9H2,1-2H3. The molecule has 1 aromatic carbocycles. The third-order valence-electron chi connectivity index (χ3n) is 2.77. The number of nitro groups is 1. The molecule has 0 bridgehead atoms. The first kappa shape index (κ1) is 15.6. The summed E-state index contributed by atoms with van der Waals surface area (Å²) in [7, 11) is -3.63. The molecule has 0 aliphatic heterocycles. The van der Waals surface area contributed by atoms with Gasteiger partial charge in [0.15, 0.2) is 9.84 Å². The first-order valence-electron chi connectivity index (χ1n) is 6.08. The molecule has 0 spiro atoms. The van der Waals surface area contributed by atoms with E-state index in [0.717, 1.165) is 6.54 Å². The van der Waals surface area contributed by atoms with Crippen molar-refractivity contribution in [1.82, 2.24) is 5.32 Å². The SMILES string of the molecule is CCNC(C)CCS(=O)(=O)c1ccccc1[N+](=O)[O-]. The minimum atomic E-state index is -3.63. The van der Waals surface area contributed by atoms with Crippen LogP contribution in [0.3, 0.4) is 0 Å². The molecule has 0 saturated carbocycles. The summed E-state index contributed by atoms with van der Waals surface area (Å²) < 4.78 is 24.3. The fourth-order valence-corrected chi connectivity index (χ4v) is 3.39. The lowest BCUT2D eigenvalue weighted by Gasteiger charge is -2.12. The smallest absolute Gasteiger partial charge is 0.287 e. The number of sulfone groups is 1. The van der Waals surface area contributed by atoms with Crippen LogP contribution in [-0.4, -0.2) is 31.7 Å². The average Bonchev–Trinajstić information content (AvgIpc) is 2.37. The van der Waals surface area contributed by atoms with Crippen molar-refractivity contribution in [2.24, 2.45) is 0 Å². The Morgan fingerprint density at radius 2 is 2.00 bits per heavy atom. The lowest BCUT2D eigenvalue weighted by atomic mass is 10.3. The first-order chi connectivity index (χ1) is 8.88. The molecule has 19 heavy (non-hydrogen) atoms. The number of hydrogen-bond acceptors (Lipinski definition) is 5. The number of hydrogen-bond donors (Lipinski definition) is 1. The molecule has 0 saturated heterocycles. The van der Waals surface area contributed by atoms with Gasteiger partial charge in [-0.15, -0.1) is 0 Å². The molecule has 6 nitrogen and oxygen atoms in total. The molecule has 0 amide bonds. The van der Waals surface area contributed by atoms with Gasteiger partial charge in [-0.25, -0.2) is 8.42 Å². The normalized spacial score (nSPS) is 13.2. The topological polar surface area (TPSA) is 89.3 Å². The van der Waals surface area contributed by atoms with E-state index in [1.54, 1.807) is 0 Å². The van der Waals surface area contributed by atoms with Crippen LogP contribution in [0.5, 0.6) is 0 Å². The van der Waals surface area contributed by atoms with E-state index in [-0.39, 0.29) is 22.4 Å². The molecule has 0 aliphatic carbocycles. The molecular formula is C12H18N2O4S. The van der Waals surface area contributed by atoms with Gasteiger partial charge < -0.3 is 5.32 Å². The largest absolute Gasteiger partial charge is 0.314 e. The van der Waals surface area contributed by atoms with Crippen LogP contribution in [0.25, 0.3) is 0 Å².